The molecule has 2 aromatic rings. The van der Waals surface area contributed by atoms with E-state index in [1.807, 2.05) is 12.1 Å². The first-order valence-electron chi connectivity index (χ1n) is 9.53. The molecule has 27 heavy (non-hydrogen) atoms. The second kappa shape index (κ2) is 7.71. The third kappa shape index (κ3) is 3.67. The number of benzene rings is 1. The van der Waals surface area contributed by atoms with Crippen LogP contribution in [0.5, 0.6) is 0 Å². The van der Waals surface area contributed by atoms with Gasteiger partial charge in [0.1, 0.15) is 4.90 Å². The van der Waals surface area contributed by atoms with Crippen molar-refractivity contribution in [2.45, 2.75) is 36.7 Å². The fourth-order valence-corrected chi connectivity index (χ4v) is 5.31. The minimum Gasteiger partial charge on any atom is -0.379 e. The average molecular weight is 391 g/mol. The molecule has 0 amide bonds. The Hall–Kier alpha value is -1.74. The van der Waals surface area contributed by atoms with Crippen molar-refractivity contribution in [2.24, 2.45) is 0 Å². The van der Waals surface area contributed by atoms with Gasteiger partial charge < -0.3 is 10.1 Å². The fourth-order valence-electron chi connectivity index (χ4n) is 3.75. The molecule has 0 spiro atoms. The van der Waals surface area contributed by atoms with Crippen LogP contribution in [0.3, 0.4) is 0 Å². The number of nitrogens with one attached hydrogen (secondary N) is 1. The van der Waals surface area contributed by atoms with E-state index >= 15 is 0 Å². The highest BCUT2D eigenvalue weighted by atomic mass is 32.2. The molecule has 0 saturated carbocycles. The molecule has 0 aliphatic carbocycles. The van der Waals surface area contributed by atoms with E-state index in [1.165, 1.54) is 11.8 Å². The summed E-state index contributed by atoms with van der Waals surface area (Å²) in [6.07, 6.45) is 4.94. The Morgan fingerprint density at radius 2 is 2.11 bits per heavy atom. The Labute approximate surface area is 160 Å². The third-order valence-corrected chi connectivity index (χ3v) is 7.29. The van der Waals surface area contributed by atoms with Gasteiger partial charge in [0.15, 0.2) is 0 Å². The highest BCUT2D eigenvalue weighted by Crippen LogP contribution is 2.30. The maximum atomic E-state index is 13.3. The predicted octanol–water partition coefficient (Wildman–Crippen LogP) is 1.74. The van der Waals surface area contributed by atoms with Gasteiger partial charge in [-0.15, -0.1) is 0 Å². The number of sulfonamides is 1. The Bertz CT molecular complexity index is 873. The van der Waals surface area contributed by atoms with Gasteiger partial charge in [-0.05, 0) is 24.0 Å². The Kier molecular flexibility index (Phi) is 5.32. The molecule has 7 nitrogen and oxygen atoms in total. The second-order valence-electron chi connectivity index (χ2n) is 7.10. The molecule has 2 saturated heterocycles. The van der Waals surface area contributed by atoms with Crippen molar-refractivity contribution in [3.05, 3.63) is 47.8 Å². The summed E-state index contributed by atoms with van der Waals surface area (Å²) in [6.45, 7) is 5.09. The zero-order valence-electron chi connectivity index (χ0n) is 15.5. The largest absolute Gasteiger partial charge is 0.379 e. The second-order valence-corrected chi connectivity index (χ2v) is 8.99. The van der Waals surface area contributed by atoms with Crippen LogP contribution in [0.25, 0.3) is 0 Å². The molecule has 1 aromatic carbocycles. The molecule has 0 radical (unpaired) electrons. The van der Waals surface area contributed by atoms with Gasteiger partial charge in [0, 0.05) is 32.4 Å². The van der Waals surface area contributed by atoms with Gasteiger partial charge in [-0.1, -0.05) is 31.2 Å². The number of aryl methyl sites for hydroxylation is 1. The van der Waals surface area contributed by atoms with Crippen LogP contribution in [-0.4, -0.2) is 55.4 Å². The molecular formula is C19H26N4O3S. The van der Waals surface area contributed by atoms with E-state index < -0.39 is 10.0 Å². The van der Waals surface area contributed by atoms with Gasteiger partial charge in [0.2, 0.25) is 10.0 Å². The van der Waals surface area contributed by atoms with E-state index in [9.17, 15) is 8.42 Å². The van der Waals surface area contributed by atoms with Crippen molar-refractivity contribution in [3.63, 3.8) is 0 Å². The first-order valence-corrected chi connectivity index (χ1v) is 11.0. The molecule has 0 bridgehead atoms. The molecule has 2 fully saturated rings. The summed E-state index contributed by atoms with van der Waals surface area (Å²) >= 11 is 0. The molecule has 8 heteroatoms. The normalized spacial score (nSPS) is 24.3. The summed E-state index contributed by atoms with van der Waals surface area (Å²) in [7, 11) is -3.61. The number of aromatic nitrogens is 2. The lowest BCUT2D eigenvalue weighted by Gasteiger charge is -2.35. The Balaban J connectivity index is 1.61. The summed E-state index contributed by atoms with van der Waals surface area (Å²) < 4.78 is 35.4. The van der Waals surface area contributed by atoms with Gasteiger partial charge in [0.25, 0.3) is 0 Å². The SMILES string of the molecule is CCc1ccc(C2CNCCN2S(=O)(=O)c2cnn(C3CCOC3)c2)cc1. The molecule has 2 aliphatic heterocycles. The average Bonchev–Trinajstić information content (AvgIpc) is 3.40. The van der Waals surface area contributed by atoms with Gasteiger partial charge in [-0.2, -0.15) is 9.40 Å². The number of hydrogen-bond donors (Lipinski definition) is 1. The maximum absolute atomic E-state index is 13.3. The van der Waals surface area contributed by atoms with Crippen molar-refractivity contribution < 1.29 is 13.2 Å². The smallest absolute Gasteiger partial charge is 0.246 e. The molecule has 146 valence electrons. The van der Waals surface area contributed by atoms with Crippen molar-refractivity contribution in [3.8, 4) is 0 Å². The standard InChI is InChI=1S/C19H26N4O3S/c1-2-15-3-5-16(6-4-15)19-12-20-8-9-23(19)27(24,25)18-11-21-22(13-18)17-7-10-26-14-17/h3-6,11,13,17,19-20H,2,7-10,12,14H2,1H3. The molecule has 1 aromatic heterocycles. The lowest BCUT2D eigenvalue weighted by Crippen LogP contribution is -2.48. The van der Waals surface area contributed by atoms with Gasteiger partial charge >= 0.3 is 0 Å². The first kappa shape index (κ1) is 18.6. The van der Waals surface area contributed by atoms with Crippen LogP contribution in [0.15, 0.2) is 41.6 Å². The third-order valence-electron chi connectivity index (χ3n) is 5.43. The highest BCUT2D eigenvalue weighted by molar-refractivity contribution is 7.89. The monoisotopic (exact) mass is 390 g/mol. The predicted molar refractivity (Wildman–Crippen MR) is 102 cm³/mol. The van der Waals surface area contributed by atoms with Gasteiger partial charge in [-0.25, -0.2) is 8.42 Å². The first-order chi connectivity index (χ1) is 13.1. The maximum Gasteiger partial charge on any atom is 0.246 e. The molecule has 2 atom stereocenters. The van der Waals surface area contributed by atoms with Crippen LogP contribution in [0.2, 0.25) is 0 Å². The summed E-state index contributed by atoms with van der Waals surface area (Å²) in [4.78, 5) is 0.256. The molecule has 2 unspecified atom stereocenters. The molecule has 2 aliphatic rings. The Morgan fingerprint density at radius 3 is 2.81 bits per heavy atom. The van der Waals surface area contributed by atoms with Gasteiger partial charge in [-0.3, -0.25) is 4.68 Å². The fraction of sp³-hybridized carbons (Fsp3) is 0.526. The minimum absolute atomic E-state index is 0.120. The van der Waals surface area contributed by atoms with E-state index in [1.54, 1.807) is 15.2 Å². The van der Waals surface area contributed by atoms with Crippen molar-refractivity contribution in [1.82, 2.24) is 19.4 Å². The summed E-state index contributed by atoms with van der Waals surface area (Å²) in [5.74, 6) is 0. The van der Waals surface area contributed by atoms with E-state index in [-0.39, 0.29) is 17.0 Å². The lowest BCUT2D eigenvalue weighted by molar-refractivity contribution is 0.184. The molecule has 3 heterocycles. The van der Waals surface area contributed by atoms with E-state index in [0.717, 1.165) is 18.4 Å². The molecular weight excluding hydrogens is 364 g/mol. The van der Waals surface area contributed by atoms with E-state index in [0.29, 0.717) is 32.8 Å². The van der Waals surface area contributed by atoms with Crippen LogP contribution >= 0.6 is 0 Å². The van der Waals surface area contributed by atoms with Crippen LogP contribution in [0.1, 0.15) is 36.6 Å². The van der Waals surface area contributed by atoms with Crippen LogP contribution in [-0.2, 0) is 21.2 Å². The summed E-state index contributed by atoms with van der Waals surface area (Å²) in [5.41, 5.74) is 2.26. The zero-order valence-corrected chi connectivity index (χ0v) is 16.4. The van der Waals surface area contributed by atoms with E-state index in [2.05, 4.69) is 29.5 Å². The van der Waals surface area contributed by atoms with Crippen molar-refractivity contribution in [1.29, 1.82) is 0 Å². The summed E-state index contributed by atoms with van der Waals surface area (Å²) in [5, 5.41) is 7.62. The van der Waals surface area contributed by atoms with Crippen LogP contribution in [0.4, 0.5) is 0 Å². The quantitative estimate of drug-likeness (QED) is 0.842. The topological polar surface area (TPSA) is 76.5 Å². The number of piperazine rings is 1. The Morgan fingerprint density at radius 1 is 1.30 bits per heavy atom. The lowest BCUT2D eigenvalue weighted by atomic mass is 10.0. The summed E-state index contributed by atoms with van der Waals surface area (Å²) in [6, 6.07) is 8.14. The van der Waals surface area contributed by atoms with Crippen molar-refractivity contribution >= 4 is 10.0 Å². The van der Waals surface area contributed by atoms with Crippen LogP contribution in [0, 0.1) is 0 Å². The molecule has 1 N–H and O–H groups in total. The number of nitrogens with zero attached hydrogens (tertiary/aromatic N) is 3. The zero-order chi connectivity index (χ0) is 18.9. The number of hydrogen-bond acceptors (Lipinski definition) is 5. The van der Waals surface area contributed by atoms with Crippen molar-refractivity contribution in [2.75, 3.05) is 32.8 Å². The molecule has 4 rings (SSSR count). The number of rotatable bonds is 5. The van der Waals surface area contributed by atoms with E-state index in [4.69, 9.17) is 4.74 Å². The number of ether oxygens (including phenoxy) is 1. The van der Waals surface area contributed by atoms with Gasteiger partial charge in [0.05, 0.1) is 24.9 Å². The highest BCUT2D eigenvalue weighted by Gasteiger charge is 2.35. The minimum atomic E-state index is -3.61. The van der Waals surface area contributed by atoms with Crippen LogP contribution < -0.4 is 5.32 Å².